The van der Waals surface area contributed by atoms with E-state index in [4.69, 9.17) is 0 Å². The van der Waals surface area contributed by atoms with Crippen LogP contribution in [0, 0.1) is 11.8 Å². The minimum Gasteiger partial charge on any atom is -0.300 e. The molecule has 0 aliphatic carbocycles. The molecule has 6 heteroatoms. The smallest absolute Gasteiger partial charge is 0.0155 e. The number of rotatable bonds is 9. The molecule has 0 spiro atoms. The van der Waals surface area contributed by atoms with E-state index in [0.717, 1.165) is 11.8 Å². The van der Waals surface area contributed by atoms with Gasteiger partial charge in [-0.05, 0) is 107 Å². The molecule has 0 saturated carbocycles. The molecule has 4 heterocycles. The number of hydrogen-bond donors (Lipinski definition) is 0. The lowest BCUT2D eigenvalue weighted by Gasteiger charge is -2.51. The Labute approximate surface area is 243 Å². The van der Waals surface area contributed by atoms with Gasteiger partial charge in [0.25, 0.3) is 0 Å². The summed E-state index contributed by atoms with van der Waals surface area (Å²) in [6.45, 7) is 41.8. The van der Waals surface area contributed by atoms with Gasteiger partial charge in [-0.25, -0.2) is 0 Å². The predicted octanol–water partition coefficient (Wildman–Crippen LogP) is 4.41. The first kappa shape index (κ1) is 31.7. The van der Waals surface area contributed by atoms with Gasteiger partial charge >= 0.3 is 0 Å². The Balaban J connectivity index is 1.14. The number of likely N-dealkylation sites (tertiary alicyclic amines) is 2. The van der Waals surface area contributed by atoms with Crippen molar-refractivity contribution in [2.45, 2.75) is 111 Å². The molecule has 0 bridgehead atoms. The summed E-state index contributed by atoms with van der Waals surface area (Å²) in [6, 6.07) is 0. The maximum Gasteiger partial charge on any atom is 0.0155 e. The van der Waals surface area contributed by atoms with Gasteiger partial charge in [-0.1, -0.05) is 0 Å². The average molecular weight is 547 g/mol. The highest BCUT2D eigenvalue weighted by molar-refractivity contribution is 4.94. The summed E-state index contributed by atoms with van der Waals surface area (Å²) in [5.74, 6) is 1.73. The van der Waals surface area contributed by atoms with E-state index in [2.05, 4.69) is 98.6 Å². The number of piperazine rings is 2. The van der Waals surface area contributed by atoms with Gasteiger partial charge in [0.1, 0.15) is 0 Å². The van der Waals surface area contributed by atoms with E-state index < -0.39 is 0 Å². The van der Waals surface area contributed by atoms with Crippen molar-refractivity contribution in [1.82, 2.24) is 29.4 Å². The van der Waals surface area contributed by atoms with Crippen molar-refractivity contribution in [3.8, 4) is 0 Å². The Hall–Kier alpha value is -0.240. The highest BCUT2D eigenvalue weighted by Gasteiger charge is 2.38. The normalized spacial score (nSPS) is 27.4. The third kappa shape index (κ3) is 8.41. The van der Waals surface area contributed by atoms with Crippen LogP contribution in [0.15, 0.2) is 0 Å². The summed E-state index contributed by atoms with van der Waals surface area (Å²) in [6.07, 6.45) is 3.95. The summed E-state index contributed by atoms with van der Waals surface area (Å²) in [4.78, 5) is 16.4. The Morgan fingerprint density at radius 3 is 1.21 bits per heavy atom. The molecule has 39 heavy (non-hydrogen) atoms. The van der Waals surface area contributed by atoms with Crippen LogP contribution in [0.25, 0.3) is 0 Å². The summed E-state index contributed by atoms with van der Waals surface area (Å²) in [5, 5.41) is 0. The second kappa shape index (κ2) is 12.2. The lowest BCUT2D eigenvalue weighted by atomic mass is 9.86. The Bertz CT molecular complexity index is 758. The van der Waals surface area contributed by atoms with Gasteiger partial charge in [-0.15, -0.1) is 0 Å². The van der Waals surface area contributed by atoms with E-state index in [1.54, 1.807) is 0 Å². The van der Waals surface area contributed by atoms with Gasteiger partial charge in [0, 0.05) is 107 Å². The van der Waals surface area contributed by atoms with Gasteiger partial charge in [-0.2, -0.15) is 0 Å². The van der Waals surface area contributed by atoms with E-state index in [0.29, 0.717) is 11.1 Å². The van der Waals surface area contributed by atoms with Crippen molar-refractivity contribution in [1.29, 1.82) is 0 Å². The third-order valence-electron chi connectivity index (χ3n) is 11.0. The Kier molecular flexibility index (Phi) is 9.89. The summed E-state index contributed by atoms with van der Waals surface area (Å²) < 4.78 is 0. The van der Waals surface area contributed by atoms with Gasteiger partial charge in [0.2, 0.25) is 0 Å². The zero-order valence-electron chi connectivity index (χ0n) is 27.9. The largest absolute Gasteiger partial charge is 0.300 e. The summed E-state index contributed by atoms with van der Waals surface area (Å²) in [5.41, 5.74) is 1.23. The van der Waals surface area contributed by atoms with E-state index in [-0.39, 0.29) is 11.1 Å². The monoisotopic (exact) mass is 547 g/mol. The number of hydrogen-bond acceptors (Lipinski definition) is 6. The second-order valence-corrected chi connectivity index (χ2v) is 16.9. The fourth-order valence-corrected chi connectivity index (χ4v) is 7.55. The van der Waals surface area contributed by atoms with Crippen LogP contribution in [0.3, 0.4) is 0 Å². The van der Waals surface area contributed by atoms with Crippen LogP contribution in [0.5, 0.6) is 0 Å². The van der Waals surface area contributed by atoms with Crippen LogP contribution in [0.1, 0.15) is 88.5 Å². The standard InChI is InChI=1S/C33H66N6/c1-30(2,3)38-14-11-28(25-38)23-34-15-19-36(20-16-34)32(7,8)12-13-33(9,10)37-21-17-35(18-22-37)24-29-26-39(27-29)31(4,5)6/h28-29H,11-27H2,1-10H3/t28-/m0/s1. The molecule has 4 rings (SSSR count). The zero-order chi connectivity index (χ0) is 28.6. The van der Waals surface area contributed by atoms with Crippen LogP contribution in [-0.4, -0.2) is 143 Å². The molecule has 0 radical (unpaired) electrons. The molecule has 0 aromatic rings. The summed E-state index contributed by atoms with van der Waals surface area (Å²) in [7, 11) is 0. The fraction of sp³-hybridized carbons (Fsp3) is 1.00. The molecule has 0 N–H and O–H groups in total. The first-order valence-corrected chi connectivity index (χ1v) is 16.5. The van der Waals surface area contributed by atoms with E-state index in [1.165, 1.54) is 111 Å². The zero-order valence-corrected chi connectivity index (χ0v) is 27.9. The minimum atomic E-state index is 0.282. The molecular weight excluding hydrogens is 480 g/mol. The average Bonchev–Trinajstić information content (AvgIpc) is 3.29. The molecule has 4 fully saturated rings. The molecule has 0 amide bonds. The quantitative estimate of drug-likeness (QED) is 0.424. The molecule has 6 nitrogen and oxygen atoms in total. The third-order valence-corrected chi connectivity index (χ3v) is 11.0. The maximum absolute atomic E-state index is 2.80. The SMILES string of the molecule is CC(C)(C)N1CC(CN2CCN(C(C)(C)CCC(C)(C)N3CCN(C[C@@H]4CCN(C(C)(C)C)C4)CC3)CC2)C1. The van der Waals surface area contributed by atoms with E-state index in [9.17, 15) is 0 Å². The van der Waals surface area contributed by atoms with Gasteiger partial charge in [-0.3, -0.25) is 19.6 Å². The van der Waals surface area contributed by atoms with Gasteiger partial charge in [0.15, 0.2) is 0 Å². The topological polar surface area (TPSA) is 19.4 Å². The van der Waals surface area contributed by atoms with E-state index in [1.807, 2.05) is 0 Å². The first-order valence-electron chi connectivity index (χ1n) is 16.5. The fourth-order valence-electron chi connectivity index (χ4n) is 7.55. The van der Waals surface area contributed by atoms with Crippen molar-refractivity contribution in [3.05, 3.63) is 0 Å². The molecule has 1 atom stereocenters. The summed E-state index contributed by atoms with van der Waals surface area (Å²) >= 11 is 0. The Morgan fingerprint density at radius 1 is 0.436 bits per heavy atom. The van der Waals surface area contributed by atoms with Crippen molar-refractivity contribution >= 4 is 0 Å². The maximum atomic E-state index is 2.80. The minimum absolute atomic E-state index is 0.282. The van der Waals surface area contributed by atoms with E-state index >= 15 is 0 Å². The Morgan fingerprint density at radius 2 is 0.821 bits per heavy atom. The van der Waals surface area contributed by atoms with Crippen LogP contribution in [-0.2, 0) is 0 Å². The number of nitrogens with zero attached hydrogens (tertiary/aromatic N) is 6. The van der Waals surface area contributed by atoms with Crippen LogP contribution < -0.4 is 0 Å². The highest BCUT2D eigenvalue weighted by Crippen LogP contribution is 2.31. The molecule has 0 aromatic heterocycles. The van der Waals surface area contributed by atoms with Crippen molar-refractivity contribution < 1.29 is 0 Å². The molecule has 228 valence electrons. The highest BCUT2D eigenvalue weighted by atomic mass is 15.3. The first-order chi connectivity index (χ1) is 18.0. The molecule has 4 aliphatic rings. The van der Waals surface area contributed by atoms with Gasteiger partial charge in [0.05, 0.1) is 0 Å². The molecule has 4 saturated heterocycles. The molecular formula is C33H66N6. The van der Waals surface area contributed by atoms with Crippen LogP contribution in [0.2, 0.25) is 0 Å². The van der Waals surface area contributed by atoms with Crippen molar-refractivity contribution in [3.63, 3.8) is 0 Å². The molecule has 0 unspecified atom stereocenters. The van der Waals surface area contributed by atoms with Crippen molar-refractivity contribution in [2.75, 3.05) is 91.6 Å². The van der Waals surface area contributed by atoms with Crippen LogP contribution in [0.4, 0.5) is 0 Å². The molecule has 4 aliphatic heterocycles. The molecule has 0 aromatic carbocycles. The van der Waals surface area contributed by atoms with Gasteiger partial charge < -0.3 is 9.80 Å². The second-order valence-electron chi connectivity index (χ2n) is 16.9. The lowest BCUT2D eigenvalue weighted by molar-refractivity contribution is -0.0203. The van der Waals surface area contributed by atoms with Crippen LogP contribution >= 0.6 is 0 Å². The predicted molar refractivity (Wildman–Crippen MR) is 168 cm³/mol. The lowest BCUT2D eigenvalue weighted by Crippen LogP contribution is -2.61. The van der Waals surface area contributed by atoms with Crippen molar-refractivity contribution in [2.24, 2.45) is 11.8 Å².